The highest BCUT2D eigenvalue weighted by Crippen LogP contribution is 2.31. The first kappa shape index (κ1) is 20.4. The van der Waals surface area contributed by atoms with Crippen molar-refractivity contribution in [2.45, 2.75) is 58.5 Å². The van der Waals surface area contributed by atoms with Crippen LogP contribution in [0, 0.1) is 0 Å². The Morgan fingerprint density at radius 3 is 2.82 bits per heavy atom. The van der Waals surface area contributed by atoms with Gasteiger partial charge in [-0.15, -0.1) is 0 Å². The molecule has 1 amide bonds. The Bertz CT molecular complexity index is 854. The van der Waals surface area contributed by atoms with Gasteiger partial charge in [0.2, 0.25) is 0 Å². The highest BCUT2D eigenvalue weighted by atomic mass is 16.5. The Hall–Kier alpha value is -2.38. The van der Waals surface area contributed by atoms with Crippen molar-refractivity contribution in [3.05, 3.63) is 46.8 Å². The molecule has 0 spiro atoms. The SMILES string of the molecule is C[C@@H]1Cc2c(nn(C)c2C(=O)NCc2ccccc2OCC(C)(C)O)[C@H](C)O1. The molecule has 28 heavy (non-hydrogen) atoms. The lowest BCUT2D eigenvalue weighted by atomic mass is 9.99. The first-order chi connectivity index (χ1) is 13.2. The van der Waals surface area contributed by atoms with E-state index in [0.29, 0.717) is 24.4 Å². The molecule has 2 aromatic rings. The van der Waals surface area contributed by atoms with Gasteiger partial charge >= 0.3 is 0 Å². The van der Waals surface area contributed by atoms with Crippen LogP contribution in [0.15, 0.2) is 24.3 Å². The van der Waals surface area contributed by atoms with Crippen molar-refractivity contribution in [3.8, 4) is 5.75 Å². The van der Waals surface area contributed by atoms with E-state index in [1.54, 1.807) is 25.6 Å². The standard InChI is InChI=1S/C21H29N3O4/c1-13-10-16-18(14(2)28-13)23-24(5)19(16)20(25)22-11-15-8-6-7-9-17(15)27-12-21(3,4)26/h6-9,13-14,26H,10-12H2,1-5H3,(H,22,25)/t13-,14+/m1/s1. The number of nitrogens with one attached hydrogen (secondary N) is 1. The molecule has 3 rings (SSSR count). The molecule has 152 valence electrons. The Labute approximate surface area is 165 Å². The smallest absolute Gasteiger partial charge is 0.270 e. The Morgan fingerprint density at radius 2 is 2.11 bits per heavy atom. The Kier molecular flexibility index (Phi) is 5.76. The van der Waals surface area contributed by atoms with Gasteiger partial charge in [-0.25, -0.2) is 0 Å². The van der Waals surface area contributed by atoms with Crippen LogP contribution in [0.3, 0.4) is 0 Å². The normalized spacial score (nSPS) is 19.2. The number of amides is 1. The molecule has 1 aliphatic heterocycles. The molecule has 0 radical (unpaired) electrons. The van der Waals surface area contributed by atoms with Crippen molar-refractivity contribution in [3.63, 3.8) is 0 Å². The van der Waals surface area contributed by atoms with Gasteiger partial charge in [-0.3, -0.25) is 9.48 Å². The van der Waals surface area contributed by atoms with Gasteiger partial charge in [0.05, 0.1) is 23.5 Å². The number of hydrogen-bond acceptors (Lipinski definition) is 5. The Balaban J connectivity index is 1.74. The summed E-state index contributed by atoms with van der Waals surface area (Å²) in [5.41, 5.74) is 2.28. The Morgan fingerprint density at radius 1 is 1.39 bits per heavy atom. The zero-order valence-corrected chi connectivity index (χ0v) is 17.2. The van der Waals surface area contributed by atoms with E-state index in [2.05, 4.69) is 10.4 Å². The second-order valence-electron chi connectivity index (χ2n) is 8.02. The highest BCUT2D eigenvalue weighted by molar-refractivity contribution is 5.94. The maximum absolute atomic E-state index is 12.9. The van der Waals surface area contributed by atoms with Crippen LogP contribution in [0.5, 0.6) is 5.75 Å². The summed E-state index contributed by atoms with van der Waals surface area (Å²) >= 11 is 0. The fraction of sp³-hybridized carbons (Fsp3) is 0.524. The van der Waals surface area contributed by atoms with E-state index >= 15 is 0 Å². The topological polar surface area (TPSA) is 85.6 Å². The monoisotopic (exact) mass is 387 g/mol. The number of aliphatic hydroxyl groups is 1. The quantitative estimate of drug-likeness (QED) is 0.796. The minimum absolute atomic E-state index is 0.0502. The second-order valence-corrected chi connectivity index (χ2v) is 8.02. The van der Waals surface area contributed by atoms with E-state index in [0.717, 1.165) is 16.8 Å². The number of carbonyl (C=O) groups is 1. The third kappa shape index (κ3) is 4.54. The van der Waals surface area contributed by atoms with Gasteiger partial charge < -0.3 is 19.9 Å². The maximum Gasteiger partial charge on any atom is 0.270 e. The van der Waals surface area contributed by atoms with Gasteiger partial charge in [0.25, 0.3) is 5.91 Å². The number of nitrogens with zero attached hydrogens (tertiary/aromatic N) is 2. The first-order valence-electron chi connectivity index (χ1n) is 9.58. The molecule has 2 heterocycles. The largest absolute Gasteiger partial charge is 0.490 e. The van der Waals surface area contributed by atoms with E-state index in [1.165, 1.54) is 0 Å². The summed E-state index contributed by atoms with van der Waals surface area (Å²) in [6.45, 7) is 7.83. The lowest BCUT2D eigenvalue weighted by Gasteiger charge is -2.24. The third-order valence-corrected chi connectivity index (χ3v) is 4.70. The minimum atomic E-state index is -0.931. The molecule has 0 saturated carbocycles. The van der Waals surface area contributed by atoms with Crippen molar-refractivity contribution >= 4 is 5.91 Å². The highest BCUT2D eigenvalue weighted by Gasteiger charge is 2.31. The summed E-state index contributed by atoms with van der Waals surface area (Å²) in [5.74, 6) is 0.474. The summed E-state index contributed by atoms with van der Waals surface area (Å²) in [6, 6.07) is 7.49. The number of benzene rings is 1. The van der Waals surface area contributed by atoms with Gasteiger partial charge in [-0.2, -0.15) is 5.10 Å². The van der Waals surface area contributed by atoms with Gasteiger partial charge in [0, 0.05) is 31.1 Å². The van der Waals surface area contributed by atoms with Crippen molar-refractivity contribution in [2.75, 3.05) is 6.61 Å². The van der Waals surface area contributed by atoms with Crippen LogP contribution in [0.25, 0.3) is 0 Å². The summed E-state index contributed by atoms with van der Waals surface area (Å²) in [6.07, 6.45) is 0.596. The van der Waals surface area contributed by atoms with E-state index < -0.39 is 5.60 Å². The van der Waals surface area contributed by atoms with Crippen LogP contribution in [-0.4, -0.2) is 39.1 Å². The number of hydrogen-bond donors (Lipinski definition) is 2. The van der Waals surface area contributed by atoms with Crippen molar-refractivity contribution in [1.29, 1.82) is 0 Å². The molecular weight excluding hydrogens is 358 g/mol. The van der Waals surface area contributed by atoms with Crippen LogP contribution in [0.4, 0.5) is 0 Å². The number of aryl methyl sites for hydroxylation is 1. The van der Waals surface area contributed by atoms with Crippen LogP contribution >= 0.6 is 0 Å². The van der Waals surface area contributed by atoms with E-state index in [1.807, 2.05) is 38.1 Å². The van der Waals surface area contributed by atoms with Crippen LogP contribution < -0.4 is 10.1 Å². The fourth-order valence-electron chi connectivity index (χ4n) is 3.45. The molecule has 0 unspecified atom stereocenters. The summed E-state index contributed by atoms with van der Waals surface area (Å²) in [5, 5.41) is 17.4. The van der Waals surface area contributed by atoms with Crippen molar-refractivity contribution in [1.82, 2.24) is 15.1 Å². The average Bonchev–Trinajstić information content (AvgIpc) is 2.94. The predicted octanol–water partition coefficient (Wildman–Crippen LogP) is 2.52. The first-order valence-corrected chi connectivity index (χ1v) is 9.58. The molecule has 1 aromatic heterocycles. The number of fused-ring (bicyclic) bond motifs is 1. The van der Waals surface area contributed by atoms with Gasteiger partial charge in [-0.1, -0.05) is 18.2 Å². The van der Waals surface area contributed by atoms with E-state index in [4.69, 9.17) is 9.47 Å². The van der Waals surface area contributed by atoms with Crippen LogP contribution in [0.1, 0.15) is 61.1 Å². The molecule has 2 atom stereocenters. The maximum atomic E-state index is 12.9. The molecule has 0 saturated heterocycles. The molecule has 0 bridgehead atoms. The number of para-hydroxylation sites is 1. The lowest BCUT2D eigenvalue weighted by molar-refractivity contribution is -0.00710. The fourth-order valence-corrected chi connectivity index (χ4v) is 3.45. The molecule has 1 aliphatic rings. The predicted molar refractivity (Wildman–Crippen MR) is 105 cm³/mol. The lowest BCUT2D eigenvalue weighted by Crippen LogP contribution is -2.30. The molecule has 7 heteroatoms. The zero-order valence-electron chi connectivity index (χ0n) is 17.2. The third-order valence-electron chi connectivity index (χ3n) is 4.70. The van der Waals surface area contributed by atoms with Crippen LogP contribution in [-0.2, 0) is 24.8 Å². The minimum Gasteiger partial charge on any atom is -0.490 e. The van der Waals surface area contributed by atoms with Crippen molar-refractivity contribution < 1.29 is 19.4 Å². The number of carbonyl (C=O) groups excluding carboxylic acids is 1. The van der Waals surface area contributed by atoms with Crippen molar-refractivity contribution in [2.24, 2.45) is 7.05 Å². The molecule has 7 nitrogen and oxygen atoms in total. The summed E-state index contributed by atoms with van der Waals surface area (Å²) < 4.78 is 13.2. The van der Waals surface area contributed by atoms with E-state index in [9.17, 15) is 9.90 Å². The molecular formula is C21H29N3O4. The molecule has 0 fully saturated rings. The van der Waals surface area contributed by atoms with Gasteiger partial charge in [-0.05, 0) is 33.8 Å². The van der Waals surface area contributed by atoms with Gasteiger partial charge in [0.1, 0.15) is 18.1 Å². The molecule has 0 aliphatic carbocycles. The molecule has 2 N–H and O–H groups in total. The average molecular weight is 387 g/mol. The van der Waals surface area contributed by atoms with E-state index in [-0.39, 0.29) is 24.7 Å². The number of rotatable bonds is 6. The molecule has 1 aromatic carbocycles. The number of aromatic nitrogens is 2. The zero-order chi connectivity index (χ0) is 20.5. The van der Waals surface area contributed by atoms with Gasteiger partial charge in [0.15, 0.2) is 0 Å². The summed E-state index contributed by atoms with van der Waals surface area (Å²) in [4.78, 5) is 12.9. The second kappa shape index (κ2) is 7.93. The number of ether oxygens (including phenoxy) is 2. The summed E-state index contributed by atoms with van der Waals surface area (Å²) in [7, 11) is 1.78. The van der Waals surface area contributed by atoms with Crippen LogP contribution in [0.2, 0.25) is 0 Å².